The zero-order valence-electron chi connectivity index (χ0n) is 8.16. The number of hydrogen-bond donors (Lipinski definition) is 1. The Bertz CT molecular complexity index is 347. The molecule has 0 bridgehead atoms. The van der Waals surface area contributed by atoms with Crippen molar-refractivity contribution in [2.24, 2.45) is 0 Å². The van der Waals surface area contributed by atoms with Gasteiger partial charge in [0.15, 0.2) is 11.6 Å². The predicted octanol–water partition coefficient (Wildman–Crippen LogP) is 3.22. The lowest BCUT2D eigenvalue weighted by Gasteiger charge is -2.21. The van der Waals surface area contributed by atoms with Crippen molar-refractivity contribution in [3.63, 3.8) is 0 Å². The standard InChI is InChI=1S/C9H11ClF2N2/c1-9(2,3)14-8-6(11)4-5(10)7(12)13-8/h4H,1-3H3,(H,13,14). The van der Waals surface area contributed by atoms with E-state index in [1.165, 1.54) is 0 Å². The van der Waals surface area contributed by atoms with E-state index in [0.29, 0.717) is 0 Å². The van der Waals surface area contributed by atoms with Gasteiger partial charge in [0.25, 0.3) is 0 Å². The van der Waals surface area contributed by atoms with E-state index in [2.05, 4.69) is 10.3 Å². The highest BCUT2D eigenvalue weighted by Crippen LogP contribution is 2.21. The molecule has 2 nitrogen and oxygen atoms in total. The monoisotopic (exact) mass is 220 g/mol. The molecule has 1 heterocycles. The van der Waals surface area contributed by atoms with Gasteiger partial charge >= 0.3 is 0 Å². The van der Waals surface area contributed by atoms with Gasteiger partial charge in [-0.05, 0) is 20.8 Å². The summed E-state index contributed by atoms with van der Waals surface area (Å²) in [5.41, 5.74) is -0.381. The van der Waals surface area contributed by atoms with Crippen molar-refractivity contribution in [2.75, 3.05) is 5.32 Å². The molecule has 1 rings (SSSR count). The first-order chi connectivity index (χ1) is 6.29. The van der Waals surface area contributed by atoms with Crippen LogP contribution in [-0.4, -0.2) is 10.5 Å². The third-order valence-corrected chi connectivity index (χ3v) is 1.65. The Kier molecular flexibility index (Phi) is 2.95. The summed E-state index contributed by atoms with van der Waals surface area (Å²) >= 11 is 5.35. The molecule has 0 fully saturated rings. The fourth-order valence-electron chi connectivity index (χ4n) is 0.887. The lowest BCUT2D eigenvalue weighted by atomic mass is 10.1. The minimum Gasteiger partial charge on any atom is -0.363 e. The minimum absolute atomic E-state index is 0.126. The molecule has 0 saturated heterocycles. The van der Waals surface area contributed by atoms with Gasteiger partial charge in [0.2, 0.25) is 5.95 Å². The number of hydrogen-bond acceptors (Lipinski definition) is 2. The molecular weight excluding hydrogens is 210 g/mol. The number of halogens is 3. The van der Waals surface area contributed by atoms with E-state index in [0.717, 1.165) is 6.07 Å². The van der Waals surface area contributed by atoms with Gasteiger partial charge < -0.3 is 5.32 Å². The first-order valence-electron chi connectivity index (χ1n) is 4.09. The highest BCUT2D eigenvalue weighted by Gasteiger charge is 2.16. The largest absolute Gasteiger partial charge is 0.363 e. The van der Waals surface area contributed by atoms with Gasteiger partial charge in [-0.2, -0.15) is 9.37 Å². The molecule has 0 atom stereocenters. The second kappa shape index (κ2) is 3.69. The van der Waals surface area contributed by atoms with E-state index >= 15 is 0 Å². The first kappa shape index (κ1) is 11.2. The number of nitrogens with zero attached hydrogens (tertiary/aromatic N) is 1. The molecule has 0 amide bonds. The molecule has 5 heteroatoms. The van der Waals surface area contributed by atoms with Crippen LogP contribution in [0.15, 0.2) is 6.07 Å². The Hall–Kier alpha value is -0.900. The van der Waals surface area contributed by atoms with Crippen LogP contribution in [0.4, 0.5) is 14.6 Å². The average Bonchev–Trinajstić information content (AvgIpc) is 1.97. The average molecular weight is 221 g/mol. The van der Waals surface area contributed by atoms with Gasteiger partial charge in [-0.15, -0.1) is 0 Å². The smallest absolute Gasteiger partial charge is 0.233 e. The minimum atomic E-state index is -0.875. The molecule has 0 aliphatic heterocycles. The summed E-state index contributed by atoms with van der Waals surface area (Å²) in [5, 5.41) is 2.42. The summed E-state index contributed by atoms with van der Waals surface area (Å²) in [6.45, 7) is 5.46. The van der Waals surface area contributed by atoms with Crippen LogP contribution >= 0.6 is 11.6 Å². The third kappa shape index (κ3) is 2.80. The Morgan fingerprint density at radius 3 is 2.43 bits per heavy atom. The molecule has 0 saturated carbocycles. The van der Waals surface area contributed by atoms with Crippen LogP contribution in [-0.2, 0) is 0 Å². The van der Waals surface area contributed by atoms with Crippen LogP contribution in [0.3, 0.4) is 0 Å². The molecule has 14 heavy (non-hydrogen) atoms. The highest BCUT2D eigenvalue weighted by molar-refractivity contribution is 6.30. The van der Waals surface area contributed by atoms with Crippen LogP contribution in [0.1, 0.15) is 20.8 Å². The summed E-state index contributed by atoms with van der Waals surface area (Å²) < 4.78 is 26.1. The molecule has 0 spiro atoms. The van der Waals surface area contributed by atoms with Crippen molar-refractivity contribution in [3.8, 4) is 0 Å². The number of nitrogens with one attached hydrogen (secondary N) is 1. The van der Waals surface area contributed by atoms with Crippen LogP contribution in [0.5, 0.6) is 0 Å². The van der Waals surface area contributed by atoms with E-state index in [9.17, 15) is 8.78 Å². The van der Waals surface area contributed by atoms with Gasteiger partial charge in [0.05, 0.1) is 5.02 Å². The molecule has 0 aliphatic carbocycles. The number of aromatic nitrogens is 1. The molecule has 0 radical (unpaired) electrons. The maximum atomic E-state index is 13.2. The summed E-state index contributed by atoms with van der Waals surface area (Å²) in [5.74, 6) is -1.66. The quantitative estimate of drug-likeness (QED) is 0.735. The first-order valence-corrected chi connectivity index (χ1v) is 4.47. The topological polar surface area (TPSA) is 24.9 Å². The number of pyridine rings is 1. The lowest BCUT2D eigenvalue weighted by molar-refractivity contribution is 0.550. The maximum absolute atomic E-state index is 13.2. The molecular formula is C9H11ClF2N2. The highest BCUT2D eigenvalue weighted by atomic mass is 35.5. The molecule has 0 unspecified atom stereocenters. The van der Waals surface area contributed by atoms with Crippen LogP contribution < -0.4 is 5.32 Å². The van der Waals surface area contributed by atoms with E-state index in [4.69, 9.17) is 11.6 Å². The Labute approximate surface area is 86.3 Å². The second-order valence-electron chi connectivity index (χ2n) is 3.97. The molecule has 0 aliphatic rings. The van der Waals surface area contributed by atoms with Crippen molar-refractivity contribution in [2.45, 2.75) is 26.3 Å². The number of rotatable bonds is 1. The summed E-state index contributed by atoms with van der Waals surface area (Å²) in [6.07, 6.45) is 0. The van der Waals surface area contributed by atoms with Gasteiger partial charge in [0, 0.05) is 11.6 Å². The summed E-state index contributed by atoms with van der Waals surface area (Å²) in [6, 6.07) is 0.901. The molecule has 78 valence electrons. The van der Waals surface area contributed by atoms with Gasteiger partial charge in [-0.25, -0.2) is 4.39 Å². The lowest BCUT2D eigenvalue weighted by Crippen LogP contribution is -2.27. The van der Waals surface area contributed by atoms with Crippen molar-refractivity contribution in [3.05, 3.63) is 22.9 Å². The maximum Gasteiger partial charge on any atom is 0.233 e. The predicted molar refractivity (Wildman–Crippen MR) is 52.5 cm³/mol. The van der Waals surface area contributed by atoms with Crippen LogP contribution in [0.2, 0.25) is 5.02 Å². The van der Waals surface area contributed by atoms with E-state index < -0.39 is 11.8 Å². The van der Waals surface area contributed by atoms with Crippen molar-refractivity contribution < 1.29 is 8.78 Å². The normalized spacial score (nSPS) is 11.6. The van der Waals surface area contributed by atoms with Gasteiger partial charge in [-0.3, -0.25) is 0 Å². The van der Waals surface area contributed by atoms with Crippen molar-refractivity contribution in [1.82, 2.24) is 4.98 Å². The van der Waals surface area contributed by atoms with Crippen LogP contribution in [0, 0.1) is 11.8 Å². The molecule has 1 aromatic rings. The zero-order valence-corrected chi connectivity index (χ0v) is 8.91. The number of anilines is 1. The van der Waals surface area contributed by atoms with Gasteiger partial charge in [-0.1, -0.05) is 11.6 Å². The van der Waals surface area contributed by atoms with E-state index in [1.807, 2.05) is 20.8 Å². The zero-order chi connectivity index (χ0) is 10.9. The SMILES string of the molecule is CC(C)(C)Nc1nc(F)c(Cl)cc1F. The second-order valence-corrected chi connectivity index (χ2v) is 4.37. The summed E-state index contributed by atoms with van der Waals surface area (Å²) in [7, 11) is 0. The van der Waals surface area contributed by atoms with E-state index in [-0.39, 0.29) is 16.4 Å². The van der Waals surface area contributed by atoms with Crippen molar-refractivity contribution in [1.29, 1.82) is 0 Å². The molecule has 1 N–H and O–H groups in total. The Morgan fingerprint density at radius 1 is 1.36 bits per heavy atom. The summed E-state index contributed by atoms with van der Waals surface area (Å²) in [4.78, 5) is 3.37. The Morgan fingerprint density at radius 2 is 1.93 bits per heavy atom. The fourth-order valence-corrected chi connectivity index (χ4v) is 1.03. The molecule has 0 aromatic carbocycles. The fraction of sp³-hybridized carbons (Fsp3) is 0.444. The van der Waals surface area contributed by atoms with E-state index in [1.54, 1.807) is 0 Å². The van der Waals surface area contributed by atoms with Crippen LogP contribution in [0.25, 0.3) is 0 Å². The van der Waals surface area contributed by atoms with Gasteiger partial charge in [0.1, 0.15) is 0 Å². The Balaban J connectivity index is 3.04. The van der Waals surface area contributed by atoms with Crippen molar-refractivity contribution >= 4 is 17.4 Å². The third-order valence-electron chi connectivity index (χ3n) is 1.38. The molecule has 1 aromatic heterocycles.